The fourth-order valence-corrected chi connectivity index (χ4v) is 5.04. The SMILES string of the molecule is CC1CN(S(=O)(=O)c2cc(N)ccc2C(=O)O)CCS1. The minimum absolute atomic E-state index is 0.188. The number of benzene rings is 1. The van der Waals surface area contributed by atoms with E-state index in [1.54, 1.807) is 11.8 Å². The van der Waals surface area contributed by atoms with Gasteiger partial charge in [-0.3, -0.25) is 0 Å². The quantitative estimate of drug-likeness (QED) is 0.810. The van der Waals surface area contributed by atoms with Crippen molar-refractivity contribution in [2.24, 2.45) is 0 Å². The van der Waals surface area contributed by atoms with Crippen molar-refractivity contribution in [2.75, 3.05) is 24.6 Å². The van der Waals surface area contributed by atoms with Gasteiger partial charge in [0.05, 0.1) is 10.5 Å². The molecule has 0 aromatic heterocycles. The molecule has 1 aromatic carbocycles. The van der Waals surface area contributed by atoms with Crippen LogP contribution in [-0.2, 0) is 10.0 Å². The summed E-state index contributed by atoms with van der Waals surface area (Å²) in [6.45, 7) is 2.70. The van der Waals surface area contributed by atoms with Crippen LogP contribution in [0.4, 0.5) is 5.69 Å². The monoisotopic (exact) mass is 316 g/mol. The highest BCUT2D eigenvalue weighted by Gasteiger charge is 2.32. The van der Waals surface area contributed by atoms with Gasteiger partial charge in [0.1, 0.15) is 0 Å². The maximum absolute atomic E-state index is 12.6. The molecule has 1 aliphatic heterocycles. The third-order valence-electron chi connectivity index (χ3n) is 3.06. The number of carboxylic acids is 1. The first-order valence-corrected chi connectivity index (χ1v) is 8.56. The van der Waals surface area contributed by atoms with Crippen molar-refractivity contribution in [1.29, 1.82) is 0 Å². The summed E-state index contributed by atoms with van der Waals surface area (Å²) >= 11 is 1.70. The molecule has 0 saturated carbocycles. The second-order valence-corrected chi connectivity index (χ2v) is 8.06. The average molecular weight is 316 g/mol. The Hall–Kier alpha value is -1.25. The number of sulfonamides is 1. The lowest BCUT2D eigenvalue weighted by Gasteiger charge is -2.30. The van der Waals surface area contributed by atoms with Gasteiger partial charge in [-0.2, -0.15) is 16.1 Å². The van der Waals surface area contributed by atoms with E-state index in [0.717, 1.165) is 0 Å². The first-order chi connectivity index (χ1) is 9.32. The van der Waals surface area contributed by atoms with E-state index in [-0.39, 0.29) is 21.4 Å². The number of rotatable bonds is 3. The Balaban J connectivity index is 2.48. The molecule has 0 spiro atoms. The van der Waals surface area contributed by atoms with Gasteiger partial charge in [0, 0.05) is 29.8 Å². The Labute approximate surface area is 122 Å². The molecule has 0 radical (unpaired) electrons. The summed E-state index contributed by atoms with van der Waals surface area (Å²) in [7, 11) is -3.83. The highest BCUT2D eigenvalue weighted by atomic mass is 32.2. The van der Waals surface area contributed by atoms with E-state index in [1.807, 2.05) is 6.92 Å². The van der Waals surface area contributed by atoms with Crippen molar-refractivity contribution in [1.82, 2.24) is 4.31 Å². The van der Waals surface area contributed by atoms with Gasteiger partial charge in [0.2, 0.25) is 10.0 Å². The molecule has 0 bridgehead atoms. The number of nitrogen functional groups attached to an aromatic ring is 1. The van der Waals surface area contributed by atoms with Crippen LogP contribution in [0.25, 0.3) is 0 Å². The van der Waals surface area contributed by atoms with Gasteiger partial charge in [0.15, 0.2) is 0 Å². The number of anilines is 1. The summed E-state index contributed by atoms with van der Waals surface area (Å²) in [4.78, 5) is 11.0. The van der Waals surface area contributed by atoms with Gasteiger partial charge in [-0.25, -0.2) is 13.2 Å². The van der Waals surface area contributed by atoms with Gasteiger partial charge in [0.25, 0.3) is 0 Å². The lowest BCUT2D eigenvalue weighted by Crippen LogP contribution is -2.41. The number of hydrogen-bond acceptors (Lipinski definition) is 5. The molecule has 1 aromatic rings. The van der Waals surface area contributed by atoms with E-state index < -0.39 is 16.0 Å². The van der Waals surface area contributed by atoms with Crippen LogP contribution in [0.2, 0.25) is 0 Å². The topological polar surface area (TPSA) is 101 Å². The first kappa shape index (κ1) is 15.1. The average Bonchev–Trinajstić information content (AvgIpc) is 2.38. The molecule has 0 amide bonds. The normalized spacial score (nSPS) is 20.8. The highest BCUT2D eigenvalue weighted by Crippen LogP contribution is 2.27. The van der Waals surface area contributed by atoms with Gasteiger partial charge in [-0.05, 0) is 18.2 Å². The summed E-state index contributed by atoms with van der Waals surface area (Å²) in [5.74, 6) is -0.575. The molecule has 6 nitrogen and oxygen atoms in total. The number of nitrogens with two attached hydrogens (primary N) is 1. The molecule has 1 saturated heterocycles. The fraction of sp³-hybridized carbons (Fsp3) is 0.417. The Kier molecular flexibility index (Phi) is 4.26. The lowest BCUT2D eigenvalue weighted by atomic mass is 10.2. The van der Waals surface area contributed by atoms with Gasteiger partial charge in [-0.15, -0.1) is 0 Å². The molecule has 8 heteroatoms. The van der Waals surface area contributed by atoms with E-state index >= 15 is 0 Å². The van der Waals surface area contributed by atoms with Crippen LogP contribution in [0.1, 0.15) is 17.3 Å². The zero-order valence-electron chi connectivity index (χ0n) is 10.9. The van der Waals surface area contributed by atoms with Gasteiger partial charge in [-0.1, -0.05) is 6.92 Å². The lowest BCUT2D eigenvalue weighted by molar-refractivity contribution is 0.0692. The minimum Gasteiger partial charge on any atom is -0.478 e. The van der Waals surface area contributed by atoms with Crippen LogP contribution in [0, 0.1) is 0 Å². The summed E-state index contributed by atoms with van der Waals surface area (Å²) < 4.78 is 26.5. The molecule has 1 atom stereocenters. The third-order valence-corrected chi connectivity index (χ3v) is 6.10. The van der Waals surface area contributed by atoms with Crippen molar-refractivity contribution in [3.8, 4) is 0 Å². The number of carboxylic acid groups (broad SMARTS) is 1. The number of thioether (sulfide) groups is 1. The Morgan fingerprint density at radius 3 is 2.80 bits per heavy atom. The predicted molar refractivity (Wildman–Crippen MR) is 78.5 cm³/mol. The predicted octanol–water partition coefficient (Wildman–Crippen LogP) is 1.09. The Morgan fingerprint density at radius 2 is 2.20 bits per heavy atom. The van der Waals surface area contributed by atoms with Crippen LogP contribution in [0.15, 0.2) is 23.1 Å². The second-order valence-electron chi connectivity index (χ2n) is 4.61. The van der Waals surface area contributed by atoms with Crippen molar-refractivity contribution in [3.05, 3.63) is 23.8 Å². The smallest absolute Gasteiger partial charge is 0.337 e. The van der Waals surface area contributed by atoms with Crippen LogP contribution in [-0.4, -0.2) is 47.9 Å². The largest absolute Gasteiger partial charge is 0.478 e. The first-order valence-electron chi connectivity index (χ1n) is 6.07. The number of nitrogens with zero attached hydrogens (tertiary/aromatic N) is 1. The van der Waals surface area contributed by atoms with E-state index in [2.05, 4.69) is 0 Å². The van der Waals surface area contributed by atoms with Gasteiger partial charge < -0.3 is 10.8 Å². The van der Waals surface area contributed by atoms with E-state index in [9.17, 15) is 13.2 Å². The summed E-state index contributed by atoms with van der Waals surface area (Å²) in [5, 5.41) is 9.33. The zero-order valence-corrected chi connectivity index (χ0v) is 12.6. The number of hydrogen-bond donors (Lipinski definition) is 2. The molecule has 1 aliphatic rings. The molecule has 1 unspecified atom stereocenters. The Morgan fingerprint density at radius 1 is 1.50 bits per heavy atom. The van der Waals surface area contributed by atoms with Crippen molar-refractivity contribution >= 4 is 33.4 Å². The maximum Gasteiger partial charge on any atom is 0.337 e. The Bertz CT molecular complexity index is 630. The molecule has 110 valence electrons. The standard InChI is InChI=1S/C12H16N2O4S2/c1-8-7-14(4-5-19-8)20(17,18)11-6-9(13)2-3-10(11)12(15)16/h2-3,6,8H,4-5,7,13H2,1H3,(H,15,16). The highest BCUT2D eigenvalue weighted by molar-refractivity contribution is 8.00. The van der Waals surface area contributed by atoms with Gasteiger partial charge >= 0.3 is 5.97 Å². The zero-order chi connectivity index (χ0) is 14.9. The molecule has 20 heavy (non-hydrogen) atoms. The van der Waals surface area contributed by atoms with Crippen molar-refractivity contribution in [3.63, 3.8) is 0 Å². The molecule has 2 rings (SSSR count). The van der Waals surface area contributed by atoms with Crippen LogP contribution < -0.4 is 5.73 Å². The molecule has 1 heterocycles. The van der Waals surface area contributed by atoms with Crippen LogP contribution in [0.3, 0.4) is 0 Å². The summed E-state index contributed by atoms with van der Waals surface area (Å²) in [6, 6.07) is 3.83. The molecule has 0 aliphatic carbocycles. The van der Waals surface area contributed by atoms with E-state index in [4.69, 9.17) is 10.8 Å². The van der Waals surface area contributed by atoms with E-state index in [0.29, 0.717) is 18.8 Å². The number of carbonyl (C=O) groups is 1. The van der Waals surface area contributed by atoms with Crippen molar-refractivity contribution < 1.29 is 18.3 Å². The molecule has 3 N–H and O–H groups in total. The third kappa shape index (κ3) is 2.92. The minimum atomic E-state index is -3.83. The second kappa shape index (κ2) is 5.63. The van der Waals surface area contributed by atoms with E-state index in [1.165, 1.54) is 22.5 Å². The molecular weight excluding hydrogens is 300 g/mol. The molecular formula is C12H16N2O4S2. The van der Waals surface area contributed by atoms with Crippen LogP contribution in [0.5, 0.6) is 0 Å². The molecule has 1 fully saturated rings. The fourth-order valence-electron chi connectivity index (χ4n) is 2.07. The summed E-state index contributed by atoms with van der Waals surface area (Å²) in [5.41, 5.74) is 5.59. The maximum atomic E-state index is 12.6. The summed E-state index contributed by atoms with van der Waals surface area (Å²) in [6.07, 6.45) is 0. The van der Waals surface area contributed by atoms with Crippen LogP contribution >= 0.6 is 11.8 Å². The van der Waals surface area contributed by atoms with Crippen molar-refractivity contribution in [2.45, 2.75) is 17.1 Å². The number of aromatic carboxylic acids is 1.